The molecule has 172 valence electrons. The second-order valence-corrected chi connectivity index (χ2v) is 8.37. The van der Waals surface area contributed by atoms with Crippen molar-refractivity contribution in [3.05, 3.63) is 106 Å². The van der Waals surface area contributed by atoms with Crippen molar-refractivity contribution >= 4 is 29.2 Å². The molecule has 3 aromatic rings. The predicted octanol–water partition coefficient (Wildman–Crippen LogP) is 4.78. The van der Waals surface area contributed by atoms with Gasteiger partial charge in [0.25, 0.3) is 11.8 Å². The molecular formula is C28H25FN2O3. The van der Waals surface area contributed by atoms with Gasteiger partial charge in [0.2, 0.25) is 0 Å². The number of hydrogen-bond acceptors (Lipinski definition) is 3. The summed E-state index contributed by atoms with van der Waals surface area (Å²) in [7, 11) is 0. The molecule has 2 amide bonds. The first-order chi connectivity index (χ1) is 16.4. The third-order valence-electron chi connectivity index (χ3n) is 5.59. The minimum Gasteiger partial charge on any atom is -0.349 e. The fourth-order valence-corrected chi connectivity index (χ4v) is 3.47. The molecule has 5 nitrogen and oxygen atoms in total. The van der Waals surface area contributed by atoms with Gasteiger partial charge in [-0.1, -0.05) is 48.5 Å². The fraction of sp³-hybridized carbons (Fsp3) is 0.179. The van der Waals surface area contributed by atoms with Crippen molar-refractivity contribution in [1.82, 2.24) is 10.6 Å². The average Bonchev–Trinajstić information content (AvgIpc) is 3.65. The zero-order valence-corrected chi connectivity index (χ0v) is 18.8. The molecule has 0 unspecified atom stereocenters. The third kappa shape index (κ3) is 6.04. The number of amides is 2. The van der Waals surface area contributed by atoms with Gasteiger partial charge >= 0.3 is 0 Å². The number of rotatable bonds is 8. The van der Waals surface area contributed by atoms with Crippen LogP contribution in [0.4, 0.5) is 4.39 Å². The highest BCUT2D eigenvalue weighted by atomic mass is 19.1. The van der Waals surface area contributed by atoms with Crippen LogP contribution in [-0.2, 0) is 11.3 Å². The first-order valence-corrected chi connectivity index (χ1v) is 11.2. The Hall–Kier alpha value is -4.06. The molecule has 4 rings (SSSR count). The summed E-state index contributed by atoms with van der Waals surface area (Å²) in [6.07, 6.45) is 3.60. The third-order valence-corrected chi connectivity index (χ3v) is 5.59. The van der Waals surface area contributed by atoms with Crippen molar-refractivity contribution in [2.45, 2.75) is 32.4 Å². The first-order valence-electron chi connectivity index (χ1n) is 11.2. The average molecular weight is 457 g/mol. The van der Waals surface area contributed by atoms with Crippen LogP contribution in [-0.4, -0.2) is 23.6 Å². The number of benzene rings is 3. The normalized spacial score (nSPS) is 13.3. The Morgan fingerprint density at radius 2 is 1.59 bits per heavy atom. The minimum absolute atomic E-state index is 0.00435. The zero-order chi connectivity index (χ0) is 24.1. The summed E-state index contributed by atoms with van der Waals surface area (Å²) in [4.78, 5) is 36.7. The molecule has 1 aliphatic rings. The lowest BCUT2D eigenvalue weighted by Gasteiger charge is -2.10. The van der Waals surface area contributed by atoms with Gasteiger partial charge in [-0.15, -0.1) is 0 Å². The van der Waals surface area contributed by atoms with E-state index in [1.807, 2.05) is 12.1 Å². The number of hydrogen-bond donors (Lipinski definition) is 2. The Morgan fingerprint density at radius 1 is 0.912 bits per heavy atom. The fourth-order valence-electron chi connectivity index (χ4n) is 3.47. The number of nitrogens with one attached hydrogen (secondary N) is 2. The summed E-state index contributed by atoms with van der Waals surface area (Å²) in [5, 5.41) is 5.81. The molecule has 0 saturated heterocycles. The molecular weight excluding hydrogens is 431 g/mol. The van der Waals surface area contributed by atoms with Crippen LogP contribution in [0.5, 0.6) is 0 Å². The van der Waals surface area contributed by atoms with Crippen molar-refractivity contribution in [3.63, 3.8) is 0 Å². The van der Waals surface area contributed by atoms with E-state index in [0.717, 1.165) is 24.0 Å². The SMILES string of the molecule is CC(=O)c1ccc(CNC(=O)c2ccc(/C=C(/C(=O)NC3CC3)c3cccc(F)c3)cc2)cc1. The second kappa shape index (κ2) is 10.3. The number of halogens is 1. The maximum Gasteiger partial charge on any atom is 0.252 e. The van der Waals surface area contributed by atoms with Gasteiger partial charge in [-0.2, -0.15) is 0 Å². The zero-order valence-electron chi connectivity index (χ0n) is 18.8. The summed E-state index contributed by atoms with van der Waals surface area (Å²) >= 11 is 0. The lowest BCUT2D eigenvalue weighted by atomic mass is 10.0. The van der Waals surface area contributed by atoms with E-state index in [4.69, 9.17) is 0 Å². The first kappa shape index (κ1) is 23.1. The summed E-state index contributed by atoms with van der Waals surface area (Å²) in [5.74, 6) is -0.894. The van der Waals surface area contributed by atoms with Crippen LogP contribution in [0, 0.1) is 5.82 Å². The molecule has 1 saturated carbocycles. The van der Waals surface area contributed by atoms with Crippen molar-refractivity contribution in [3.8, 4) is 0 Å². The van der Waals surface area contributed by atoms with E-state index in [-0.39, 0.29) is 23.6 Å². The van der Waals surface area contributed by atoms with Gasteiger partial charge in [0, 0.05) is 29.3 Å². The van der Waals surface area contributed by atoms with Crippen LogP contribution in [0.25, 0.3) is 11.6 Å². The van der Waals surface area contributed by atoms with Crippen molar-refractivity contribution < 1.29 is 18.8 Å². The highest BCUT2D eigenvalue weighted by Gasteiger charge is 2.25. The van der Waals surface area contributed by atoms with Crippen molar-refractivity contribution in [1.29, 1.82) is 0 Å². The van der Waals surface area contributed by atoms with Gasteiger partial charge < -0.3 is 10.6 Å². The molecule has 0 atom stereocenters. The Kier molecular flexibility index (Phi) is 6.97. The van der Waals surface area contributed by atoms with Crippen LogP contribution < -0.4 is 10.6 Å². The maximum atomic E-state index is 13.8. The molecule has 0 aromatic heterocycles. The van der Waals surface area contributed by atoms with E-state index in [1.54, 1.807) is 54.6 Å². The largest absolute Gasteiger partial charge is 0.349 e. The summed E-state index contributed by atoms with van der Waals surface area (Å²) < 4.78 is 13.8. The summed E-state index contributed by atoms with van der Waals surface area (Å²) in [6, 6.07) is 20.1. The molecule has 34 heavy (non-hydrogen) atoms. The molecule has 0 heterocycles. The minimum atomic E-state index is -0.412. The van der Waals surface area contributed by atoms with Gasteiger partial charge in [0.1, 0.15) is 5.82 Å². The van der Waals surface area contributed by atoms with E-state index >= 15 is 0 Å². The van der Waals surface area contributed by atoms with Crippen molar-refractivity contribution in [2.75, 3.05) is 0 Å². The lowest BCUT2D eigenvalue weighted by Crippen LogP contribution is -2.26. The molecule has 0 aliphatic heterocycles. The molecule has 0 radical (unpaired) electrons. The van der Waals surface area contributed by atoms with E-state index in [2.05, 4.69) is 10.6 Å². The highest BCUT2D eigenvalue weighted by Crippen LogP contribution is 2.24. The monoisotopic (exact) mass is 456 g/mol. The number of carbonyl (C=O) groups is 3. The van der Waals surface area contributed by atoms with E-state index in [0.29, 0.717) is 28.8 Å². The highest BCUT2D eigenvalue weighted by molar-refractivity contribution is 6.24. The molecule has 1 fully saturated rings. The van der Waals surface area contributed by atoms with Crippen LogP contribution >= 0.6 is 0 Å². The Morgan fingerprint density at radius 3 is 2.21 bits per heavy atom. The lowest BCUT2D eigenvalue weighted by molar-refractivity contribution is -0.115. The van der Waals surface area contributed by atoms with E-state index < -0.39 is 5.82 Å². The van der Waals surface area contributed by atoms with Crippen LogP contribution in [0.3, 0.4) is 0 Å². The van der Waals surface area contributed by atoms with Gasteiger partial charge in [-0.3, -0.25) is 14.4 Å². The Labute approximate surface area is 197 Å². The van der Waals surface area contributed by atoms with Gasteiger partial charge in [-0.05, 0) is 66.8 Å². The Bertz CT molecular complexity index is 1240. The second-order valence-electron chi connectivity index (χ2n) is 8.37. The quantitative estimate of drug-likeness (QED) is 0.291. The number of carbonyl (C=O) groups excluding carboxylic acids is 3. The molecule has 6 heteroatoms. The van der Waals surface area contributed by atoms with Gasteiger partial charge in [-0.25, -0.2) is 4.39 Å². The van der Waals surface area contributed by atoms with E-state index in [9.17, 15) is 18.8 Å². The topological polar surface area (TPSA) is 75.3 Å². The number of Topliss-reactive ketones (excluding diaryl/α,β-unsaturated/α-hetero) is 1. The van der Waals surface area contributed by atoms with Crippen LogP contribution in [0.15, 0.2) is 72.8 Å². The molecule has 0 bridgehead atoms. The number of ketones is 1. The smallest absolute Gasteiger partial charge is 0.252 e. The standard InChI is InChI=1S/C28H25FN2O3/c1-18(32)21-9-7-20(8-10-21)17-30-27(33)22-11-5-19(6-12-22)15-26(28(34)31-25-13-14-25)23-3-2-4-24(29)16-23/h2-12,15-16,25H,13-14,17H2,1H3,(H,30,33)(H,31,34)/b26-15+. The molecule has 0 spiro atoms. The molecule has 3 aromatic carbocycles. The van der Waals surface area contributed by atoms with E-state index in [1.165, 1.54) is 19.1 Å². The summed E-state index contributed by atoms with van der Waals surface area (Å²) in [5.41, 5.74) is 3.59. The molecule has 1 aliphatic carbocycles. The maximum absolute atomic E-state index is 13.8. The Balaban J connectivity index is 1.46. The molecule has 2 N–H and O–H groups in total. The van der Waals surface area contributed by atoms with Crippen molar-refractivity contribution in [2.24, 2.45) is 0 Å². The predicted molar refractivity (Wildman–Crippen MR) is 129 cm³/mol. The van der Waals surface area contributed by atoms with Crippen LogP contribution in [0.1, 0.15) is 57.2 Å². The van der Waals surface area contributed by atoms with Gasteiger partial charge in [0.15, 0.2) is 5.78 Å². The van der Waals surface area contributed by atoms with Crippen LogP contribution in [0.2, 0.25) is 0 Å². The summed E-state index contributed by atoms with van der Waals surface area (Å²) in [6.45, 7) is 1.85. The van der Waals surface area contributed by atoms with Gasteiger partial charge in [0.05, 0.1) is 0 Å².